The van der Waals surface area contributed by atoms with Gasteiger partial charge in [0.2, 0.25) is 10.0 Å². The van der Waals surface area contributed by atoms with Crippen LogP contribution in [0.15, 0.2) is 51.8 Å². The zero-order valence-corrected chi connectivity index (χ0v) is 17.9. The average molecular weight is 472 g/mol. The first-order valence-electron chi connectivity index (χ1n) is 8.65. The normalized spacial score (nSPS) is 16.3. The van der Waals surface area contributed by atoms with Crippen molar-refractivity contribution >= 4 is 43.5 Å². The lowest BCUT2D eigenvalue weighted by Gasteiger charge is -2.18. The summed E-state index contributed by atoms with van der Waals surface area (Å²) in [5, 5.41) is 3.02. The van der Waals surface area contributed by atoms with Gasteiger partial charge < -0.3 is 5.32 Å². The molecule has 1 N–H and O–H groups in total. The van der Waals surface area contributed by atoms with E-state index in [2.05, 4.69) is 21.2 Å². The third-order valence-electron chi connectivity index (χ3n) is 4.59. The second kappa shape index (κ2) is 8.31. The standard InChI is InChI=1S/C19H20BrClN2O3S/c1-13(14-4-7-16(20)8-5-14)22-19(24)15-6-9-17(21)18(12-15)27(25,26)23-10-2-3-11-23/h4-9,12-13H,2-3,10-11H2,1H3,(H,22,24). The maximum Gasteiger partial charge on any atom is 0.251 e. The van der Waals surface area contributed by atoms with Crippen LogP contribution in [0.4, 0.5) is 0 Å². The van der Waals surface area contributed by atoms with E-state index >= 15 is 0 Å². The smallest absolute Gasteiger partial charge is 0.251 e. The predicted molar refractivity (Wildman–Crippen MR) is 109 cm³/mol. The highest BCUT2D eigenvalue weighted by Gasteiger charge is 2.29. The largest absolute Gasteiger partial charge is 0.346 e. The first kappa shape index (κ1) is 20.3. The van der Waals surface area contributed by atoms with Gasteiger partial charge in [-0.1, -0.05) is 39.7 Å². The third-order valence-corrected chi connectivity index (χ3v) is 7.50. The second-order valence-corrected chi connectivity index (χ2v) is 9.73. The Hall–Kier alpha value is -1.41. The van der Waals surface area contributed by atoms with E-state index in [0.717, 1.165) is 22.9 Å². The van der Waals surface area contributed by atoms with E-state index in [1.54, 1.807) is 0 Å². The molecule has 8 heteroatoms. The number of nitrogens with zero attached hydrogens (tertiary/aromatic N) is 1. The molecule has 0 bridgehead atoms. The molecule has 1 aliphatic heterocycles. The van der Waals surface area contributed by atoms with Gasteiger partial charge in [0.15, 0.2) is 0 Å². The summed E-state index contributed by atoms with van der Waals surface area (Å²) in [7, 11) is -3.69. The molecule has 144 valence electrons. The number of nitrogens with one attached hydrogen (secondary N) is 1. The Bertz CT molecular complexity index is 942. The summed E-state index contributed by atoms with van der Waals surface area (Å²) >= 11 is 9.52. The van der Waals surface area contributed by atoms with E-state index in [4.69, 9.17) is 11.6 Å². The van der Waals surface area contributed by atoms with E-state index in [-0.39, 0.29) is 27.4 Å². The van der Waals surface area contributed by atoms with Crippen molar-refractivity contribution in [2.24, 2.45) is 0 Å². The Morgan fingerprint density at radius 2 is 1.78 bits per heavy atom. The van der Waals surface area contributed by atoms with Crippen molar-refractivity contribution in [3.05, 3.63) is 63.1 Å². The number of hydrogen-bond acceptors (Lipinski definition) is 3. The summed E-state index contributed by atoms with van der Waals surface area (Å²) in [6.45, 7) is 2.84. The molecule has 1 saturated heterocycles. The molecule has 27 heavy (non-hydrogen) atoms. The Kier molecular flexibility index (Phi) is 6.25. The third kappa shape index (κ3) is 4.54. The van der Waals surface area contributed by atoms with Crippen LogP contribution in [-0.4, -0.2) is 31.7 Å². The van der Waals surface area contributed by atoms with Crippen LogP contribution in [0.2, 0.25) is 5.02 Å². The molecular formula is C19H20BrClN2O3S. The van der Waals surface area contributed by atoms with Gasteiger partial charge in [-0.25, -0.2) is 8.42 Å². The molecule has 5 nitrogen and oxygen atoms in total. The number of amides is 1. The monoisotopic (exact) mass is 470 g/mol. The van der Waals surface area contributed by atoms with E-state index in [1.807, 2.05) is 31.2 Å². The van der Waals surface area contributed by atoms with Crippen LogP contribution in [-0.2, 0) is 10.0 Å². The molecule has 0 aromatic heterocycles. The lowest BCUT2D eigenvalue weighted by molar-refractivity contribution is 0.0939. The van der Waals surface area contributed by atoms with Crippen LogP contribution >= 0.6 is 27.5 Å². The lowest BCUT2D eigenvalue weighted by atomic mass is 10.1. The molecule has 1 fully saturated rings. The van der Waals surface area contributed by atoms with E-state index < -0.39 is 10.0 Å². The number of carbonyl (C=O) groups is 1. The molecule has 1 unspecified atom stereocenters. The summed E-state index contributed by atoms with van der Waals surface area (Å²) in [6.07, 6.45) is 1.67. The van der Waals surface area contributed by atoms with Crippen molar-refractivity contribution in [2.45, 2.75) is 30.7 Å². The van der Waals surface area contributed by atoms with Crippen molar-refractivity contribution in [3.8, 4) is 0 Å². The highest BCUT2D eigenvalue weighted by Crippen LogP contribution is 2.28. The van der Waals surface area contributed by atoms with E-state index in [0.29, 0.717) is 13.1 Å². The van der Waals surface area contributed by atoms with Gasteiger partial charge in [-0.15, -0.1) is 0 Å². The van der Waals surface area contributed by atoms with Gasteiger partial charge in [0, 0.05) is 23.1 Å². The molecule has 3 rings (SSSR count). The van der Waals surface area contributed by atoms with Gasteiger partial charge in [0.25, 0.3) is 5.91 Å². The maximum atomic E-state index is 12.8. The number of benzene rings is 2. The van der Waals surface area contributed by atoms with Gasteiger partial charge in [-0.05, 0) is 55.7 Å². The fourth-order valence-electron chi connectivity index (χ4n) is 3.02. The van der Waals surface area contributed by atoms with Gasteiger partial charge in [-0.3, -0.25) is 4.79 Å². The summed E-state index contributed by atoms with van der Waals surface area (Å²) < 4.78 is 28.0. The number of rotatable bonds is 5. The Morgan fingerprint density at radius 1 is 1.15 bits per heavy atom. The van der Waals surface area contributed by atoms with Crippen LogP contribution in [0, 0.1) is 0 Å². The van der Waals surface area contributed by atoms with Crippen LogP contribution < -0.4 is 5.32 Å². The summed E-state index contributed by atoms with van der Waals surface area (Å²) in [6, 6.07) is 11.8. The van der Waals surface area contributed by atoms with Crippen LogP contribution in [0.3, 0.4) is 0 Å². The molecular weight excluding hydrogens is 452 g/mol. The minimum absolute atomic E-state index is 0.0185. The summed E-state index contributed by atoms with van der Waals surface area (Å²) in [4.78, 5) is 12.6. The quantitative estimate of drug-likeness (QED) is 0.704. The Morgan fingerprint density at radius 3 is 2.41 bits per heavy atom. The minimum atomic E-state index is -3.69. The van der Waals surface area contributed by atoms with E-state index in [1.165, 1.54) is 22.5 Å². The lowest BCUT2D eigenvalue weighted by Crippen LogP contribution is -2.29. The molecule has 1 aliphatic rings. The van der Waals surface area contributed by atoms with E-state index in [9.17, 15) is 13.2 Å². The molecule has 2 aromatic carbocycles. The first-order valence-corrected chi connectivity index (χ1v) is 11.3. The molecule has 0 saturated carbocycles. The fraction of sp³-hybridized carbons (Fsp3) is 0.316. The molecule has 0 radical (unpaired) electrons. The fourth-order valence-corrected chi connectivity index (χ4v) is 5.31. The number of hydrogen-bond donors (Lipinski definition) is 1. The van der Waals surface area contributed by atoms with Crippen LogP contribution in [0.5, 0.6) is 0 Å². The molecule has 2 aromatic rings. The molecule has 0 aliphatic carbocycles. The topological polar surface area (TPSA) is 66.5 Å². The Labute approximate surface area is 172 Å². The van der Waals surface area contributed by atoms with Crippen LogP contribution in [0.25, 0.3) is 0 Å². The summed E-state index contributed by atoms with van der Waals surface area (Å²) in [5.74, 6) is -0.347. The first-order chi connectivity index (χ1) is 12.8. The molecule has 1 amide bonds. The zero-order chi connectivity index (χ0) is 19.6. The SMILES string of the molecule is CC(NC(=O)c1ccc(Cl)c(S(=O)(=O)N2CCCC2)c1)c1ccc(Br)cc1. The van der Waals surface area contributed by atoms with Crippen molar-refractivity contribution in [1.82, 2.24) is 9.62 Å². The zero-order valence-electron chi connectivity index (χ0n) is 14.8. The Balaban J connectivity index is 1.82. The highest BCUT2D eigenvalue weighted by atomic mass is 79.9. The predicted octanol–water partition coefficient (Wildman–Crippen LogP) is 4.38. The number of sulfonamides is 1. The van der Waals surface area contributed by atoms with Crippen molar-refractivity contribution < 1.29 is 13.2 Å². The van der Waals surface area contributed by atoms with Crippen molar-refractivity contribution in [2.75, 3.05) is 13.1 Å². The average Bonchev–Trinajstić information content (AvgIpc) is 3.18. The van der Waals surface area contributed by atoms with Gasteiger partial charge in [0.1, 0.15) is 4.90 Å². The number of halogens is 2. The minimum Gasteiger partial charge on any atom is -0.346 e. The summed E-state index contributed by atoms with van der Waals surface area (Å²) in [5.41, 5.74) is 1.21. The van der Waals surface area contributed by atoms with Crippen LogP contribution in [0.1, 0.15) is 41.7 Å². The highest BCUT2D eigenvalue weighted by molar-refractivity contribution is 9.10. The molecule has 0 spiro atoms. The van der Waals surface area contributed by atoms with Gasteiger partial charge in [-0.2, -0.15) is 4.31 Å². The maximum absolute atomic E-state index is 12.8. The number of carbonyl (C=O) groups excluding carboxylic acids is 1. The molecule has 1 atom stereocenters. The second-order valence-electron chi connectivity index (χ2n) is 6.50. The van der Waals surface area contributed by atoms with Gasteiger partial charge >= 0.3 is 0 Å². The molecule has 1 heterocycles. The van der Waals surface area contributed by atoms with Gasteiger partial charge in [0.05, 0.1) is 11.1 Å². The van der Waals surface area contributed by atoms with Crippen molar-refractivity contribution in [3.63, 3.8) is 0 Å². The van der Waals surface area contributed by atoms with Crippen molar-refractivity contribution in [1.29, 1.82) is 0 Å².